The Balaban J connectivity index is 1.04. The summed E-state index contributed by atoms with van der Waals surface area (Å²) >= 11 is 0. The van der Waals surface area contributed by atoms with Crippen molar-refractivity contribution in [2.24, 2.45) is 23.7 Å². The maximum absolute atomic E-state index is 2.63. The van der Waals surface area contributed by atoms with Crippen LogP contribution in [0.2, 0.25) is 0 Å². The molecule has 1 heteroatoms. The van der Waals surface area contributed by atoms with E-state index in [2.05, 4.69) is 157 Å². The first-order valence-electron chi connectivity index (χ1n) is 22.1. The van der Waals surface area contributed by atoms with E-state index in [-0.39, 0.29) is 10.8 Å². The zero-order valence-electron chi connectivity index (χ0n) is 32.8. The fourth-order valence-electron chi connectivity index (χ4n) is 14.3. The van der Waals surface area contributed by atoms with Crippen molar-refractivity contribution in [1.29, 1.82) is 0 Å². The first-order valence-corrected chi connectivity index (χ1v) is 22.1. The van der Waals surface area contributed by atoms with Gasteiger partial charge in [0.1, 0.15) is 0 Å². The normalized spacial score (nSPS) is 25.4. The molecule has 7 aromatic carbocycles. The lowest BCUT2D eigenvalue weighted by Gasteiger charge is -2.61. The number of rotatable bonds is 4. The smallest absolute Gasteiger partial charge is 0.0540 e. The molecule has 0 aromatic heterocycles. The predicted octanol–water partition coefficient (Wildman–Crippen LogP) is 14.9. The Bertz CT molecular complexity index is 2720. The lowest BCUT2D eigenvalue weighted by molar-refractivity contribution is -0.0399. The molecule has 7 aromatic rings. The summed E-state index contributed by atoms with van der Waals surface area (Å²) in [6.07, 6.45) is 13.5. The number of benzene rings is 7. The molecule has 0 radical (unpaired) electrons. The fourth-order valence-corrected chi connectivity index (χ4v) is 14.3. The van der Waals surface area contributed by atoms with E-state index in [0.29, 0.717) is 0 Å². The molecule has 0 heterocycles. The number of fused-ring (bicyclic) bond motifs is 9. The molecule has 0 aliphatic heterocycles. The third-order valence-electron chi connectivity index (χ3n) is 16.2. The van der Waals surface area contributed by atoms with Crippen molar-refractivity contribution in [3.8, 4) is 33.4 Å². The van der Waals surface area contributed by atoms with Crippen LogP contribution in [0.25, 0.3) is 44.2 Å². The van der Waals surface area contributed by atoms with Gasteiger partial charge in [0, 0.05) is 27.6 Å². The Labute approximate surface area is 337 Å². The summed E-state index contributed by atoms with van der Waals surface area (Å²) in [5.74, 6) is 3.40. The molecule has 2 spiro atoms. The summed E-state index contributed by atoms with van der Waals surface area (Å²) < 4.78 is 0. The van der Waals surface area contributed by atoms with Gasteiger partial charge in [-0.2, -0.15) is 0 Å². The second kappa shape index (κ2) is 12.1. The summed E-state index contributed by atoms with van der Waals surface area (Å²) in [6, 6.07) is 59.0. The van der Waals surface area contributed by atoms with Gasteiger partial charge in [0.05, 0.1) is 5.69 Å². The second-order valence-electron chi connectivity index (χ2n) is 18.7. The van der Waals surface area contributed by atoms with Gasteiger partial charge >= 0.3 is 0 Å². The van der Waals surface area contributed by atoms with Crippen molar-refractivity contribution in [2.75, 3.05) is 4.90 Å². The molecule has 278 valence electrons. The molecule has 5 saturated carbocycles. The fraction of sp³-hybridized carbons (Fsp3) is 0.286. The van der Waals surface area contributed by atoms with E-state index in [1.54, 1.807) is 16.7 Å². The molecule has 0 unspecified atom stereocenters. The van der Waals surface area contributed by atoms with E-state index < -0.39 is 0 Å². The Morgan fingerprint density at radius 1 is 0.404 bits per heavy atom. The van der Waals surface area contributed by atoms with Crippen LogP contribution >= 0.6 is 0 Å². The lowest BCUT2D eigenvalue weighted by Crippen LogP contribution is -2.55. The van der Waals surface area contributed by atoms with Crippen LogP contribution in [0.5, 0.6) is 0 Å². The molecule has 57 heavy (non-hydrogen) atoms. The van der Waals surface area contributed by atoms with Gasteiger partial charge in [0.2, 0.25) is 0 Å². The van der Waals surface area contributed by atoms with Crippen LogP contribution in [-0.4, -0.2) is 0 Å². The van der Waals surface area contributed by atoms with Gasteiger partial charge in [-0.05, 0) is 160 Å². The molecule has 5 fully saturated rings. The zero-order valence-corrected chi connectivity index (χ0v) is 32.8. The van der Waals surface area contributed by atoms with Gasteiger partial charge in [-0.25, -0.2) is 0 Å². The molecular weight excluding hydrogens is 687 g/mol. The van der Waals surface area contributed by atoms with Crippen molar-refractivity contribution in [1.82, 2.24) is 0 Å². The molecule has 0 atom stereocenters. The first kappa shape index (κ1) is 32.7. The Hall–Kier alpha value is -5.40. The number of hydrogen-bond donors (Lipinski definition) is 0. The van der Waals surface area contributed by atoms with Crippen molar-refractivity contribution < 1.29 is 0 Å². The topological polar surface area (TPSA) is 3.24 Å². The predicted molar refractivity (Wildman–Crippen MR) is 237 cm³/mol. The molecular formula is C56H49N. The van der Waals surface area contributed by atoms with Gasteiger partial charge in [0.15, 0.2) is 0 Å². The second-order valence-corrected chi connectivity index (χ2v) is 18.7. The molecule has 1 nitrogen and oxygen atoms in total. The summed E-state index contributed by atoms with van der Waals surface area (Å²) in [6.45, 7) is 0. The van der Waals surface area contributed by atoms with E-state index in [4.69, 9.17) is 0 Å². The van der Waals surface area contributed by atoms with Crippen LogP contribution in [0.4, 0.5) is 17.1 Å². The minimum atomic E-state index is 0.0911. The third kappa shape index (κ3) is 4.41. The van der Waals surface area contributed by atoms with Gasteiger partial charge in [-0.3, -0.25) is 0 Å². The molecule has 7 aliphatic rings. The summed E-state index contributed by atoms with van der Waals surface area (Å²) in [5, 5.41) is 2.58. The summed E-state index contributed by atoms with van der Waals surface area (Å²) in [7, 11) is 0. The first-order chi connectivity index (χ1) is 28.2. The number of anilines is 3. The zero-order chi connectivity index (χ0) is 37.3. The Morgan fingerprint density at radius 2 is 0.982 bits per heavy atom. The van der Waals surface area contributed by atoms with Gasteiger partial charge in [0.25, 0.3) is 0 Å². The van der Waals surface area contributed by atoms with Crippen molar-refractivity contribution in [3.05, 3.63) is 174 Å². The third-order valence-corrected chi connectivity index (χ3v) is 16.2. The van der Waals surface area contributed by atoms with Gasteiger partial charge in [-0.15, -0.1) is 0 Å². The van der Waals surface area contributed by atoms with E-state index in [1.807, 2.05) is 0 Å². The van der Waals surface area contributed by atoms with E-state index in [9.17, 15) is 0 Å². The van der Waals surface area contributed by atoms with Crippen molar-refractivity contribution in [3.63, 3.8) is 0 Å². The summed E-state index contributed by atoms with van der Waals surface area (Å²) in [4.78, 5) is 2.63. The maximum atomic E-state index is 2.63. The lowest BCUT2D eigenvalue weighted by atomic mass is 9.43. The standard InChI is InChI=1S/C56H49N/c1-3-13-38(14-4-1)43-24-26-54(48-18-6-5-15-44(43)48)57(42-21-23-47-45-16-7-9-19-50(45)55(53(47)35-42)27-11-2-12-28-55)41-22-25-52-49(34-41)46-17-8-10-20-51(46)56(52)39-30-36-29-37(32-39)33-40(56)31-36/h1,3-10,13-26,34-37,39-40H,2,11-12,27-33H2. The quantitative estimate of drug-likeness (QED) is 0.174. The van der Waals surface area contributed by atoms with Crippen LogP contribution in [0, 0.1) is 23.7 Å². The number of nitrogens with zero attached hydrogens (tertiary/aromatic N) is 1. The average molecular weight is 736 g/mol. The molecule has 7 aliphatic carbocycles. The average Bonchev–Trinajstić information content (AvgIpc) is 3.70. The molecule has 4 bridgehead atoms. The molecule has 0 saturated heterocycles. The van der Waals surface area contributed by atoms with Crippen LogP contribution in [0.1, 0.15) is 86.5 Å². The summed E-state index contributed by atoms with van der Waals surface area (Å²) in [5.41, 5.74) is 18.7. The van der Waals surface area contributed by atoms with E-state index >= 15 is 0 Å². The monoisotopic (exact) mass is 735 g/mol. The molecule has 0 N–H and O–H groups in total. The van der Waals surface area contributed by atoms with E-state index in [1.165, 1.54) is 131 Å². The SMILES string of the molecule is c1ccc(-c2ccc(N(c3ccc4c(c3)-c3ccccc3C43C4CC5CC(C4)CC3C5)c3ccc4c(c3)C3(CCCCC3)c3ccccc3-4)c3ccccc23)cc1. The molecule has 14 rings (SSSR count). The van der Waals surface area contributed by atoms with Crippen molar-refractivity contribution >= 4 is 27.8 Å². The Kier molecular flexibility index (Phi) is 6.91. The highest BCUT2D eigenvalue weighted by molar-refractivity contribution is 6.06. The van der Waals surface area contributed by atoms with Gasteiger partial charge < -0.3 is 4.90 Å². The molecule has 0 amide bonds. The van der Waals surface area contributed by atoms with Crippen LogP contribution in [0.3, 0.4) is 0 Å². The van der Waals surface area contributed by atoms with Crippen LogP contribution in [0.15, 0.2) is 152 Å². The minimum Gasteiger partial charge on any atom is -0.310 e. The maximum Gasteiger partial charge on any atom is 0.0540 e. The highest BCUT2D eigenvalue weighted by atomic mass is 15.1. The number of hydrogen-bond acceptors (Lipinski definition) is 1. The van der Waals surface area contributed by atoms with E-state index in [0.717, 1.165) is 23.7 Å². The minimum absolute atomic E-state index is 0.0911. The van der Waals surface area contributed by atoms with Crippen molar-refractivity contribution in [2.45, 2.75) is 75.0 Å². The van der Waals surface area contributed by atoms with Gasteiger partial charge in [-0.1, -0.05) is 141 Å². The highest BCUT2D eigenvalue weighted by Crippen LogP contribution is 2.69. The van der Waals surface area contributed by atoms with Crippen LogP contribution in [-0.2, 0) is 10.8 Å². The largest absolute Gasteiger partial charge is 0.310 e. The highest BCUT2D eigenvalue weighted by Gasteiger charge is 2.61. The van der Waals surface area contributed by atoms with Crippen LogP contribution < -0.4 is 4.90 Å². The Morgan fingerprint density at radius 3 is 1.75 bits per heavy atom.